The SMILES string of the molecule is O=C(Cc1cc2c(cc1Br)OCCO2)NCc1cccc(Cl)c1. The molecule has 0 spiro atoms. The van der Waals surface area contributed by atoms with Gasteiger partial charge in [-0.3, -0.25) is 4.79 Å². The standard InChI is InChI=1S/C17H15BrClNO3/c18-14-9-16-15(22-4-5-23-16)7-12(14)8-17(21)20-10-11-2-1-3-13(19)6-11/h1-3,6-7,9H,4-5,8,10H2,(H,20,21). The quantitative estimate of drug-likeness (QED) is 0.856. The number of carbonyl (C=O) groups excluding carboxylic acids is 1. The van der Waals surface area contributed by atoms with Gasteiger partial charge in [0.15, 0.2) is 11.5 Å². The van der Waals surface area contributed by atoms with E-state index in [-0.39, 0.29) is 12.3 Å². The average molecular weight is 397 g/mol. The molecule has 4 nitrogen and oxygen atoms in total. The van der Waals surface area contributed by atoms with Gasteiger partial charge in [-0.2, -0.15) is 0 Å². The smallest absolute Gasteiger partial charge is 0.224 e. The lowest BCUT2D eigenvalue weighted by Gasteiger charge is -2.19. The van der Waals surface area contributed by atoms with Crippen molar-refractivity contribution >= 4 is 33.4 Å². The average Bonchev–Trinajstić information content (AvgIpc) is 2.54. The lowest BCUT2D eigenvalue weighted by molar-refractivity contribution is -0.120. The predicted octanol–water partition coefficient (Wildman–Crippen LogP) is 3.73. The van der Waals surface area contributed by atoms with Crippen LogP contribution >= 0.6 is 27.5 Å². The summed E-state index contributed by atoms with van der Waals surface area (Å²) in [6.45, 7) is 1.51. The molecule has 6 heteroatoms. The van der Waals surface area contributed by atoms with Crippen LogP contribution in [0.3, 0.4) is 0 Å². The highest BCUT2D eigenvalue weighted by molar-refractivity contribution is 9.10. The number of ether oxygens (including phenoxy) is 2. The number of carbonyl (C=O) groups is 1. The Hall–Kier alpha value is -1.72. The van der Waals surface area contributed by atoms with Crippen LogP contribution in [0.2, 0.25) is 5.02 Å². The van der Waals surface area contributed by atoms with Crippen molar-refractivity contribution in [2.45, 2.75) is 13.0 Å². The minimum atomic E-state index is -0.0673. The fraction of sp³-hybridized carbons (Fsp3) is 0.235. The molecule has 1 N–H and O–H groups in total. The second-order valence-electron chi connectivity index (χ2n) is 5.17. The van der Waals surface area contributed by atoms with E-state index in [1.165, 1.54) is 0 Å². The molecular formula is C17H15BrClNO3. The van der Waals surface area contributed by atoms with Crippen LogP contribution in [-0.2, 0) is 17.8 Å². The van der Waals surface area contributed by atoms with Gasteiger partial charge in [-0.05, 0) is 35.4 Å². The maximum Gasteiger partial charge on any atom is 0.224 e. The van der Waals surface area contributed by atoms with E-state index < -0.39 is 0 Å². The first-order chi connectivity index (χ1) is 11.1. The van der Waals surface area contributed by atoms with Crippen LogP contribution in [0.25, 0.3) is 0 Å². The maximum atomic E-state index is 12.2. The van der Waals surface area contributed by atoms with Crippen LogP contribution in [0.5, 0.6) is 11.5 Å². The summed E-state index contributed by atoms with van der Waals surface area (Å²) in [6.07, 6.45) is 0.262. The molecule has 0 radical (unpaired) electrons. The fourth-order valence-electron chi connectivity index (χ4n) is 2.32. The summed E-state index contributed by atoms with van der Waals surface area (Å²) in [7, 11) is 0. The molecule has 0 aliphatic carbocycles. The number of fused-ring (bicyclic) bond motifs is 1. The first-order valence-corrected chi connectivity index (χ1v) is 8.38. The number of amides is 1. The molecule has 0 saturated heterocycles. The van der Waals surface area contributed by atoms with Crippen molar-refractivity contribution < 1.29 is 14.3 Å². The van der Waals surface area contributed by atoms with Gasteiger partial charge in [-0.1, -0.05) is 39.7 Å². The van der Waals surface area contributed by atoms with E-state index >= 15 is 0 Å². The van der Waals surface area contributed by atoms with Crippen LogP contribution in [0, 0.1) is 0 Å². The van der Waals surface area contributed by atoms with E-state index in [1.807, 2.05) is 30.3 Å². The van der Waals surface area contributed by atoms with E-state index in [0.29, 0.717) is 36.3 Å². The summed E-state index contributed by atoms with van der Waals surface area (Å²) in [6, 6.07) is 11.1. The Morgan fingerprint density at radius 2 is 1.91 bits per heavy atom. The van der Waals surface area contributed by atoms with Gasteiger partial charge in [0.05, 0.1) is 6.42 Å². The molecule has 23 heavy (non-hydrogen) atoms. The normalized spacial score (nSPS) is 12.8. The highest BCUT2D eigenvalue weighted by atomic mass is 79.9. The first kappa shape index (κ1) is 16.1. The topological polar surface area (TPSA) is 47.6 Å². The third-order valence-corrected chi connectivity index (χ3v) is 4.41. The van der Waals surface area contributed by atoms with Gasteiger partial charge >= 0.3 is 0 Å². The minimum absolute atomic E-state index is 0.0673. The largest absolute Gasteiger partial charge is 0.486 e. The van der Waals surface area contributed by atoms with E-state index in [9.17, 15) is 4.79 Å². The van der Waals surface area contributed by atoms with Crippen molar-refractivity contribution in [3.05, 3.63) is 57.0 Å². The molecule has 0 fully saturated rings. The molecular weight excluding hydrogens is 382 g/mol. The molecule has 1 amide bonds. The lowest BCUT2D eigenvalue weighted by atomic mass is 10.1. The summed E-state index contributed by atoms with van der Waals surface area (Å²) in [5.41, 5.74) is 1.82. The van der Waals surface area contributed by atoms with Crippen LogP contribution in [0.1, 0.15) is 11.1 Å². The van der Waals surface area contributed by atoms with Crippen LogP contribution in [-0.4, -0.2) is 19.1 Å². The number of nitrogens with one attached hydrogen (secondary N) is 1. The number of hydrogen-bond donors (Lipinski definition) is 1. The molecule has 1 aliphatic heterocycles. The summed E-state index contributed by atoms with van der Waals surface area (Å²) >= 11 is 9.41. The molecule has 0 atom stereocenters. The molecule has 0 saturated carbocycles. The number of benzene rings is 2. The zero-order valence-electron chi connectivity index (χ0n) is 12.3. The molecule has 3 rings (SSSR count). The van der Waals surface area contributed by atoms with Gasteiger partial charge in [-0.25, -0.2) is 0 Å². The summed E-state index contributed by atoms with van der Waals surface area (Å²) < 4.78 is 11.9. The summed E-state index contributed by atoms with van der Waals surface area (Å²) in [4.78, 5) is 12.2. The van der Waals surface area contributed by atoms with Crippen molar-refractivity contribution in [1.29, 1.82) is 0 Å². The van der Waals surface area contributed by atoms with Gasteiger partial charge < -0.3 is 14.8 Å². The van der Waals surface area contributed by atoms with Gasteiger partial charge in [-0.15, -0.1) is 0 Å². The number of halogens is 2. The molecule has 2 aromatic carbocycles. The number of rotatable bonds is 4. The van der Waals surface area contributed by atoms with Crippen LogP contribution in [0.15, 0.2) is 40.9 Å². The first-order valence-electron chi connectivity index (χ1n) is 7.21. The van der Waals surface area contributed by atoms with E-state index in [2.05, 4.69) is 21.2 Å². The molecule has 2 aromatic rings. The third kappa shape index (κ3) is 4.18. The van der Waals surface area contributed by atoms with Gasteiger partial charge in [0.1, 0.15) is 13.2 Å². The molecule has 0 bridgehead atoms. The molecule has 120 valence electrons. The van der Waals surface area contributed by atoms with Gasteiger partial charge in [0.25, 0.3) is 0 Å². The Kier molecular flexibility index (Phi) is 5.08. The van der Waals surface area contributed by atoms with Crippen molar-refractivity contribution in [3.8, 4) is 11.5 Å². The van der Waals surface area contributed by atoms with Gasteiger partial charge in [0, 0.05) is 16.0 Å². The monoisotopic (exact) mass is 395 g/mol. The highest BCUT2D eigenvalue weighted by Gasteiger charge is 2.16. The van der Waals surface area contributed by atoms with Crippen LogP contribution < -0.4 is 14.8 Å². The zero-order chi connectivity index (χ0) is 16.2. The van der Waals surface area contributed by atoms with E-state index in [1.54, 1.807) is 6.07 Å². The minimum Gasteiger partial charge on any atom is -0.486 e. The van der Waals surface area contributed by atoms with Crippen molar-refractivity contribution in [1.82, 2.24) is 5.32 Å². The van der Waals surface area contributed by atoms with Crippen molar-refractivity contribution in [2.24, 2.45) is 0 Å². The Morgan fingerprint density at radius 3 is 2.65 bits per heavy atom. The van der Waals surface area contributed by atoms with E-state index in [0.717, 1.165) is 15.6 Å². The Labute approximate surface area is 147 Å². The number of hydrogen-bond acceptors (Lipinski definition) is 3. The maximum absolute atomic E-state index is 12.2. The Morgan fingerprint density at radius 1 is 1.17 bits per heavy atom. The van der Waals surface area contributed by atoms with Crippen molar-refractivity contribution in [3.63, 3.8) is 0 Å². The molecule has 1 aliphatic rings. The summed E-state index contributed by atoms with van der Waals surface area (Å²) in [5, 5.41) is 3.55. The highest BCUT2D eigenvalue weighted by Crippen LogP contribution is 2.35. The molecule has 0 aromatic heterocycles. The van der Waals surface area contributed by atoms with Crippen molar-refractivity contribution in [2.75, 3.05) is 13.2 Å². The second-order valence-corrected chi connectivity index (χ2v) is 6.46. The Balaban J connectivity index is 1.63. The van der Waals surface area contributed by atoms with Crippen LogP contribution in [0.4, 0.5) is 0 Å². The van der Waals surface area contributed by atoms with Gasteiger partial charge in [0.2, 0.25) is 5.91 Å². The molecule has 1 heterocycles. The van der Waals surface area contributed by atoms with E-state index in [4.69, 9.17) is 21.1 Å². The second kappa shape index (κ2) is 7.23. The fourth-order valence-corrected chi connectivity index (χ4v) is 3.00. The third-order valence-electron chi connectivity index (χ3n) is 3.44. The lowest BCUT2D eigenvalue weighted by Crippen LogP contribution is -2.25. The summed E-state index contributed by atoms with van der Waals surface area (Å²) in [5.74, 6) is 1.31. The zero-order valence-corrected chi connectivity index (χ0v) is 14.6. The Bertz CT molecular complexity index is 736. The molecule has 0 unspecified atom stereocenters. The predicted molar refractivity (Wildman–Crippen MR) is 92.1 cm³/mol.